The summed E-state index contributed by atoms with van der Waals surface area (Å²) < 4.78 is 16.7. The largest absolute Gasteiger partial charge is 0.490 e. The van der Waals surface area contributed by atoms with Crippen molar-refractivity contribution in [2.45, 2.75) is 19.6 Å². The summed E-state index contributed by atoms with van der Waals surface area (Å²) in [4.78, 5) is 0. The third kappa shape index (κ3) is 3.61. The molecule has 1 aliphatic rings. The molecule has 0 aliphatic carbocycles. The van der Waals surface area contributed by atoms with E-state index in [1.54, 1.807) is 0 Å². The number of nitrogens with one attached hydrogen (secondary N) is 1. The van der Waals surface area contributed by atoms with Crippen molar-refractivity contribution in [3.8, 4) is 11.5 Å². The minimum atomic E-state index is -0.0153. The molecular weight excluding hydrogens is 218 g/mol. The molecular formula is C13H19NO3. The van der Waals surface area contributed by atoms with Crippen LogP contribution in [0.3, 0.4) is 0 Å². The van der Waals surface area contributed by atoms with Gasteiger partial charge >= 0.3 is 0 Å². The standard InChI is InChI=1S/C13H19NO3/c1-2-15-11-6-3-4-7-12(11)17-10-13-14-8-5-9-16-13/h3-4,6-7,13-14H,2,5,8-10H2,1H3/t13-/m1/s1. The van der Waals surface area contributed by atoms with E-state index in [-0.39, 0.29) is 6.23 Å². The highest BCUT2D eigenvalue weighted by atomic mass is 16.6. The fraction of sp³-hybridized carbons (Fsp3) is 0.538. The molecule has 0 aromatic heterocycles. The van der Waals surface area contributed by atoms with Crippen LogP contribution in [-0.2, 0) is 4.74 Å². The monoisotopic (exact) mass is 237 g/mol. The Labute approximate surface area is 102 Å². The van der Waals surface area contributed by atoms with Crippen LogP contribution in [0.1, 0.15) is 13.3 Å². The van der Waals surface area contributed by atoms with E-state index in [2.05, 4.69) is 5.32 Å². The molecule has 0 saturated carbocycles. The Bertz CT molecular complexity index is 337. The number of benzene rings is 1. The summed E-state index contributed by atoms with van der Waals surface area (Å²) in [6, 6.07) is 7.70. The van der Waals surface area contributed by atoms with Crippen LogP contribution in [-0.4, -0.2) is 32.6 Å². The van der Waals surface area contributed by atoms with Gasteiger partial charge in [-0.3, -0.25) is 5.32 Å². The van der Waals surface area contributed by atoms with Crippen LogP contribution in [0, 0.1) is 0 Å². The number of ether oxygens (including phenoxy) is 3. The minimum Gasteiger partial charge on any atom is -0.490 e. The zero-order valence-corrected chi connectivity index (χ0v) is 10.1. The van der Waals surface area contributed by atoms with E-state index in [0.29, 0.717) is 13.2 Å². The van der Waals surface area contributed by atoms with Gasteiger partial charge in [-0.15, -0.1) is 0 Å². The molecule has 1 N–H and O–H groups in total. The molecule has 1 aliphatic heterocycles. The van der Waals surface area contributed by atoms with Gasteiger partial charge in [0, 0.05) is 0 Å². The highest BCUT2D eigenvalue weighted by Gasteiger charge is 2.14. The lowest BCUT2D eigenvalue weighted by Gasteiger charge is -2.24. The molecule has 0 spiro atoms. The van der Waals surface area contributed by atoms with Crippen molar-refractivity contribution in [2.24, 2.45) is 0 Å². The van der Waals surface area contributed by atoms with Crippen LogP contribution >= 0.6 is 0 Å². The fourth-order valence-corrected chi connectivity index (χ4v) is 1.74. The van der Waals surface area contributed by atoms with E-state index >= 15 is 0 Å². The average molecular weight is 237 g/mol. The fourth-order valence-electron chi connectivity index (χ4n) is 1.74. The van der Waals surface area contributed by atoms with Gasteiger partial charge in [-0.25, -0.2) is 0 Å². The molecule has 1 saturated heterocycles. The lowest BCUT2D eigenvalue weighted by atomic mass is 10.3. The summed E-state index contributed by atoms with van der Waals surface area (Å²) in [5.41, 5.74) is 0. The summed E-state index contributed by atoms with van der Waals surface area (Å²) in [6.07, 6.45) is 1.05. The lowest BCUT2D eigenvalue weighted by molar-refractivity contribution is -0.0255. The van der Waals surface area contributed by atoms with Crippen molar-refractivity contribution in [3.05, 3.63) is 24.3 Å². The Morgan fingerprint density at radius 3 is 2.71 bits per heavy atom. The Balaban J connectivity index is 1.88. The Morgan fingerprint density at radius 1 is 1.29 bits per heavy atom. The molecule has 1 atom stereocenters. The van der Waals surface area contributed by atoms with Gasteiger partial charge in [0.1, 0.15) is 12.8 Å². The Hall–Kier alpha value is -1.26. The molecule has 0 amide bonds. The van der Waals surface area contributed by atoms with Gasteiger partial charge in [-0.1, -0.05) is 12.1 Å². The van der Waals surface area contributed by atoms with E-state index in [9.17, 15) is 0 Å². The maximum Gasteiger partial charge on any atom is 0.161 e. The van der Waals surface area contributed by atoms with E-state index in [4.69, 9.17) is 14.2 Å². The third-order valence-electron chi connectivity index (χ3n) is 2.55. The predicted octanol–water partition coefficient (Wildman–Crippen LogP) is 1.80. The summed E-state index contributed by atoms with van der Waals surface area (Å²) in [5.74, 6) is 1.55. The Morgan fingerprint density at radius 2 is 2.06 bits per heavy atom. The first-order chi connectivity index (χ1) is 8.40. The molecule has 1 fully saturated rings. The second-order valence-corrected chi connectivity index (χ2v) is 3.86. The summed E-state index contributed by atoms with van der Waals surface area (Å²) in [6.45, 7) is 4.89. The van der Waals surface area contributed by atoms with E-state index < -0.39 is 0 Å². The molecule has 17 heavy (non-hydrogen) atoms. The first-order valence-corrected chi connectivity index (χ1v) is 6.09. The molecule has 1 aromatic rings. The van der Waals surface area contributed by atoms with E-state index in [1.165, 1.54) is 0 Å². The molecule has 4 heteroatoms. The maximum atomic E-state index is 5.72. The van der Waals surface area contributed by atoms with Crippen LogP contribution in [0.4, 0.5) is 0 Å². The quantitative estimate of drug-likeness (QED) is 0.847. The second kappa shape index (κ2) is 6.47. The molecule has 94 valence electrons. The molecule has 1 heterocycles. The highest BCUT2D eigenvalue weighted by Crippen LogP contribution is 2.26. The number of para-hydroxylation sites is 2. The van der Waals surface area contributed by atoms with Crippen molar-refractivity contribution in [2.75, 3.05) is 26.4 Å². The third-order valence-corrected chi connectivity index (χ3v) is 2.55. The van der Waals surface area contributed by atoms with Crippen molar-refractivity contribution < 1.29 is 14.2 Å². The first-order valence-electron chi connectivity index (χ1n) is 6.09. The highest BCUT2D eigenvalue weighted by molar-refractivity contribution is 5.39. The van der Waals surface area contributed by atoms with Gasteiger partial charge in [0.25, 0.3) is 0 Å². The zero-order chi connectivity index (χ0) is 11.9. The molecule has 1 aromatic carbocycles. The number of rotatable bonds is 5. The van der Waals surface area contributed by atoms with Crippen LogP contribution in [0.15, 0.2) is 24.3 Å². The smallest absolute Gasteiger partial charge is 0.161 e. The average Bonchev–Trinajstić information content (AvgIpc) is 2.39. The molecule has 2 rings (SSSR count). The predicted molar refractivity (Wildman–Crippen MR) is 65.5 cm³/mol. The molecule has 0 unspecified atom stereocenters. The van der Waals surface area contributed by atoms with Crippen LogP contribution in [0.25, 0.3) is 0 Å². The van der Waals surface area contributed by atoms with Gasteiger partial charge in [0.2, 0.25) is 0 Å². The van der Waals surface area contributed by atoms with Crippen LogP contribution < -0.4 is 14.8 Å². The van der Waals surface area contributed by atoms with Crippen molar-refractivity contribution in [1.29, 1.82) is 0 Å². The maximum absolute atomic E-state index is 5.72. The molecule has 0 bridgehead atoms. The van der Waals surface area contributed by atoms with E-state index in [1.807, 2.05) is 31.2 Å². The summed E-state index contributed by atoms with van der Waals surface area (Å²) in [5, 5.41) is 3.25. The summed E-state index contributed by atoms with van der Waals surface area (Å²) in [7, 11) is 0. The molecule has 4 nitrogen and oxygen atoms in total. The van der Waals surface area contributed by atoms with E-state index in [0.717, 1.165) is 31.1 Å². The minimum absolute atomic E-state index is 0.0153. The lowest BCUT2D eigenvalue weighted by Crippen LogP contribution is -2.42. The second-order valence-electron chi connectivity index (χ2n) is 3.86. The molecule has 0 radical (unpaired) electrons. The van der Waals surface area contributed by atoms with Gasteiger partial charge in [-0.2, -0.15) is 0 Å². The zero-order valence-electron chi connectivity index (χ0n) is 10.1. The SMILES string of the molecule is CCOc1ccccc1OC[C@@H]1NCCCO1. The van der Waals surface area contributed by atoms with Crippen molar-refractivity contribution in [3.63, 3.8) is 0 Å². The topological polar surface area (TPSA) is 39.7 Å². The first kappa shape index (κ1) is 12.2. The van der Waals surface area contributed by atoms with Gasteiger partial charge in [0.05, 0.1) is 13.2 Å². The number of hydrogen-bond acceptors (Lipinski definition) is 4. The van der Waals surface area contributed by atoms with Gasteiger partial charge < -0.3 is 14.2 Å². The van der Waals surface area contributed by atoms with Crippen LogP contribution in [0.2, 0.25) is 0 Å². The Kier molecular flexibility index (Phi) is 4.64. The summed E-state index contributed by atoms with van der Waals surface area (Å²) >= 11 is 0. The van der Waals surface area contributed by atoms with Crippen molar-refractivity contribution in [1.82, 2.24) is 5.32 Å². The van der Waals surface area contributed by atoms with Crippen molar-refractivity contribution >= 4 is 0 Å². The van der Waals surface area contributed by atoms with Gasteiger partial charge in [0.15, 0.2) is 11.5 Å². The normalized spacial score (nSPS) is 19.9. The van der Waals surface area contributed by atoms with Gasteiger partial charge in [-0.05, 0) is 32.0 Å². The number of hydrogen-bond donors (Lipinski definition) is 1. The van der Waals surface area contributed by atoms with Crippen LogP contribution in [0.5, 0.6) is 11.5 Å².